The van der Waals surface area contributed by atoms with Crippen molar-refractivity contribution in [2.75, 3.05) is 0 Å². The Morgan fingerprint density at radius 1 is 1.55 bits per heavy atom. The lowest BCUT2D eigenvalue weighted by Gasteiger charge is -2.05. The smallest absolute Gasteiger partial charge is 0.130 e. The van der Waals surface area contributed by atoms with Gasteiger partial charge in [-0.25, -0.2) is 4.39 Å². The first-order valence-electron chi connectivity index (χ1n) is 3.24. The van der Waals surface area contributed by atoms with E-state index in [9.17, 15) is 4.39 Å². The Balaban J connectivity index is 3.09. The summed E-state index contributed by atoms with van der Waals surface area (Å²) in [5.41, 5.74) is 0.327. The highest BCUT2D eigenvalue weighted by Gasteiger charge is 2.06. The Morgan fingerprint density at radius 2 is 2.18 bits per heavy atom. The number of halogens is 2. The molecule has 0 bridgehead atoms. The maximum atomic E-state index is 12.9. The summed E-state index contributed by atoms with van der Waals surface area (Å²) in [4.78, 5) is 0. The Morgan fingerprint density at radius 3 is 2.64 bits per heavy atom. The van der Waals surface area contributed by atoms with Gasteiger partial charge in [0, 0.05) is 10.0 Å². The molecular formula is C8H8BrFO. The second-order valence-electron chi connectivity index (χ2n) is 2.34. The molecule has 0 spiro atoms. The summed E-state index contributed by atoms with van der Waals surface area (Å²) in [7, 11) is 0. The molecule has 0 aliphatic carbocycles. The molecule has 11 heavy (non-hydrogen) atoms. The highest BCUT2D eigenvalue weighted by Crippen LogP contribution is 2.20. The van der Waals surface area contributed by atoms with Crippen LogP contribution in [0.15, 0.2) is 22.7 Å². The predicted molar refractivity (Wildman–Crippen MR) is 44.7 cm³/mol. The number of rotatable bonds is 1. The first-order chi connectivity index (χ1) is 5.11. The fraction of sp³-hybridized carbons (Fsp3) is 0.250. The molecule has 60 valence electrons. The molecule has 1 nitrogen and oxygen atoms in total. The van der Waals surface area contributed by atoms with Crippen LogP contribution in [-0.4, -0.2) is 5.11 Å². The van der Waals surface area contributed by atoms with Crippen LogP contribution in [0, 0.1) is 5.82 Å². The van der Waals surface area contributed by atoms with E-state index in [4.69, 9.17) is 5.11 Å². The van der Waals surface area contributed by atoms with Gasteiger partial charge in [-0.05, 0) is 19.1 Å². The highest BCUT2D eigenvalue weighted by molar-refractivity contribution is 9.10. The Labute approximate surface area is 73.0 Å². The fourth-order valence-electron chi connectivity index (χ4n) is 0.840. The van der Waals surface area contributed by atoms with Gasteiger partial charge in [-0.1, -0.05) is 22.0 Å². The number of aliphatic hydroxyl groups excluding tert-OH is 1. The van der Waals surface area contributed by atoms with E-state index in [1.165, 1.54) is 13.0 Å². The van der Waals surface area contributed by atoms with E-state index in [0.717, 1.165) is 0 Å². The zero-order valence-corrected chi connectivity index (χ0v) is 7.60. The van der Waals surface area contributed by atoms with Crippen molar-refractivity contribution in [3.8, 4) is 0 Å². The standard InChI is InChI=1S/C8H8BrFO/c1-5(11)7-3-2-6(9)4-8(7)10/h2-5,11H,1H3/t5-/m0/s1. The molecule has 0 unspecified atom stereocenters. The minimum atomic E-state index is -0.747. The molecule has 0 radical (unpaired) electrons. The Bertz CT molecular complexity index is 260. The fourth-order valence-corrected chi connectivity index (χ4v) is 1.17. The van der Waals surface area contributed by atoms with Crippen molar-refractivity contribution >= 4 is 15.9 Å². The summed E-state index contributed by atoms with van der Waals surface area (Å²) in [5.74, 6) is -0.380. The van der Waals surface area contributed by atoms with Gasteiger partial charge in [0.05, 0.1) is 6.10 Å². The van der Waals surface area contributed by atoms with Gasteiger partial charge in [-0.3, -0.25) is 0 Å². The summed E-state index contributed by atoms with van der Waals surface area (Å²) < 4.78 is 13.6. The summed E-state index contributed by atoms with van der Waals surface area (Å²) in [6.07, 6.45) is -0.747. The van der Waals surface area contributed by atoms with Gasteiger partial charge in [-0.2, -0.15) is 0 Å². The molecule has 1 aromatic carbocycles. The van der Waals surface area contributed by atoms with E-state index >= 15 is 0 Å². The molecule has 1 atom stereocenters. The SMILES string of the molecule is C[C@H](O)c1ccc(Br)cc1F. The van der Waals surface area contributed by atoms with E-state index in [-0.39, 0.29) is 5.82 Å². The van der Waals surface area contributed by atoms with E-state index in [1.807, 2.05) is 0 Å². The van der Waals surface area contributed by atoms with E-state index < -0.39 is 6.10 Å². The maximum Gasteiger partial charge on any atom is 0.130 e. The van der Waals surface area contributed by atoms with E-state index in [1.54, 1.807) is 12.1 Å². The first-order valence-corrected chi connectivity index (χ1v) is 4.03. The molecule has 1 rings (SSSR count). The van der Waals surface area contributed by atoms with Crippen molar-refractivity contribution in [1.82, 2.24) is 0 Å². The minimum Gasteiger partial charge on any atom is -0.389 e. The van der Waals surface area contributed by atoms with Crippen LogP contribution in [0.3, 0.4) is 0 Å². The lowest BCUT2D eigenvalue weighted by atomic mass is 10.1. The van der Waals surface area contributed by atoms with Gasteiger partial charge < -0.3 is 5.11 Å². The van der Waals surface area contributed by atoms with Gasteiger partial charge in [0.25, 0.3) is 0 Å². The van der Waals surface area contributed by atoms with E-state index in [0.29, 0.717) is 10.0 Å². The van der Waals surface area contributed by atoms with Crippen molar-refractivity contribution in [2.45, 2.75) is 13.0 Å². The highest BCUT2D eigenvalue weighted by atomic mass is 79.9. The summed E-state index contributed by atoms with van der Waals surface area (Å²) in [6.45, 7) is 1.53. The quantitative estimate of drug-likeness (QED) is 0.769. The molecule has 0 saturated heterocycles. The maximum absolute atomic E-state index is 12.9. The average molecular weight is 219 g/mol. The summed E-state index contributed by atoms with van der Waals surface area (Å²) in [6, 6.07) is 4.59. The second kappa shape index (κ2) is 3.32. The monoisotopic (exact) mass is 218 g/mol. The molecule has 1 N–H and O–H groups in total. The Hall–Kier alpha value is -0.410. The van der Waals surface area contributed by atoms with Gasteiger partial charge in [0.15, 0.2) is 0 Å². The number of benzene rings is 1. The average Bonchev–Trinajstić information content (AvgIpc) is 1.85. The molecule has 0 fully saturated rings. The zero-order valence-electron chi connectivity index (χ0n) is 6.01. The molecular weight excluding hydrogens is 211 g/mol. The molecule has 1 aromatic rings. The molecule has 0 saturated carbocycles. The van der Waals surface area contributed by atoms with Crippen molar-refractivity contribution in [3.05, 3.63) is 34.1 Å². The van der Waals surface area contributed by atoms with Crippen molar-refractivity contribution in [1.29, 1.82) is 0 Å². The van der Waals surface area contributed by atoms with Gasteiger partial charge in [-0.15, -0.1) is 0 Å². The largest absolute Gasteiger partial charge is 0.389 e. The zero-order chi connectivity index (χ0) is 8.43. The number of hydrogen-bond acceptors (Lipinski definition) is 1. The van der Waals surface area contributed by atoms with Crippen LogP contribution in [0.1, 0.15) is 18.6 Å². The number of hydrogen-bond donors (Lipinski definition) is 1. The summed E-state index contributed by atoms with van der Waals surface area (Å²) in [5, 5.41) is 9.04. The van der Waals surface area contributed by atoms with Crippen LogP contribution in [0.25, 0.3) is 0 Å². The first kappa shape index (κ1) is 8.68. The van der Waals surface area contributed by atoms with Crippen LogP contribution in [0.4, 0.5) is 4.39 Å². The van der Waals surface area contributed by atoms with Crippen LogP contribution in [0.2, 0.25) is 0 Å². The second-order valence-corrected chi connectivity index (χ2v) is 3.26. The van der Waals surface area contributed by atoms with Crippen LogP contribution in [0.5, 0.6) is 0 Å². The third-order valence-corrected chi connectivity index (χ3v) is 1.91. The lowest BCUT2D eigenvalue weighted by Crippen LogP contribution is -1.94. The molecule has 0 amide bonds. The Kier molecular flexibility index (Phi) is 2.62. The molecule has 0 aliphatic heterocycles. The third kappa shape index (κ3) is 2.01. The minimum absolute atomic E-state index is 0.327. The molecule has 3 heteroatoms. The molecule has 0 heterocycles. The normalized spacial score (nSPS) is 13.1. The third-order valence-electron chi connectivity index (χ3n) is 1.41. The van der Waals surface area contributed by atoms with Crippen molar-refractivity contribution in [2.24, 2.45) is 0 Å². The molecule has 0 aliphatic rings. The predicted octanol–water partition coefficient (Wildman–Crippen LogP) is 2.64. The summed E-state index contributed by atoms with van der Waals surface area (Å²) >= 11 is 3.12. The number of aliphatic hydroxyl groups is 1. The molecule has 0 aromatic heterocycles. The van der Waals surface area contributed by atoms with Crippen molar-refractivity contribution in [3.63, 3.8) is 0 Å². The van der Waals surface area contributed by atoms with Crippen molar-refractivity contribution < 1.29 is 9.50 Å². The van der Waals surface area contributed by atoms with Gasteiger partial charge in [0.2, 0.25) is 0 Å². The van der Waals surface area contributed by atoms with Gasteiger partial charge in [0.1, 0.15) is 5.82 Å². The van der Waals surface area contributed by atoms with Crippen LogP contribution < -0.4 is 0 Å². The lowest BCUT2D eigenvalue weighted by molar-refractivity contribution is 0.194. The van der Waals surface area contributed by atoms with Crippen LogP contribution >= 0.6 is 15.9 Å². The topological polar surface area (TPSA) is 20.2 Å². The van der Waals surface area contributed by atoms with Crippen LogP contribution in [-0.2, 0) is 0 Å². The van der Waals surface area contributed by atoms with E-state index in [2.05, 4.69) is 15.9 Å². The van der Waals surface area contributed by atoms with Gasteiger partial charge >= 0.3 is 0 Å².